The van der Waals surface area contributed by atoms with Crippen LogP contribution in [-0.2, 0) is 18.8 Å². The summed E-state index contributed by atoms with van der Waals surface area (Å²) in [6, 6.07) is -0.469. The lowest BCUT2D eigenvalue weighted by molar-refractivity contribution is -0.132. The number of carbonyl (C=O) groups excluding carboxylic acids is 2. The van der Waals surface area contributed by atoms with Gasteiger partial charge in [0.15, 0.2) is 0 Å². The summed E-state index contributed by atoms with van der Waals surface area (Å²) >= 11 is 0. The van der Waals surface area contributed by atoms with Gasteiger partial charge >= 0.3 is 19.2 Å². The van der Waals surface area contributed by atoms with E-state index in [9.17, 15) is 9.59 Å². The maximum atomic E-state index is 12.7. The molecule has 1 N–H and O–H groups in total. The van der Waals surface area contributed by atoms with Gasteiger partial charge in [0.25, 0.3) is 0 Å². The molecule has 1 aromatic heterocycles. The first kappa shape index (κ1) is 25.2. The smallest absolute Gasteiger partial charge is 0.458 e. The third-order valence-corrected chi connectivity index (χ3v) is 6.01. The molecule has 182 valence electrons. The number of amides is 2. The molecular weight excluding hydrogens is 427 g/mol. The molecule has 1 unspecified atom stereocenters. The largest absolute Gasteiger partial charge is 0.498 e. The van der Waals surface area contributed by atoms with Gasteiger partial charge in [-0.15, -0.1) is 0 Å². The van der Waals surface area contributed by atoms with Crippen molar-refractivity contribution in [1.82, 2.24) is 20.2 Å². The Bertz CT molecular complexity index is 855. The Hall–Kier alpha value is -2.40. The van der Waals surface area contributed by atoms with Crippen molar-refractivity contribution in [2.75, 3.05) is 13.1 Å². The molecule has 2 atom stereocenters. The van der Waals surface area contributed by atoms with Crippen LogP contribution in [0.1, 0.15) is 61.8 Å². The molecule has 0 aromatic carbocycles. The first-order valence-electron chi connectivity index (χ1n) is 11.3. The SMILES string of the molecule is CC(NC(=O)OC(C)(C)C)C(=O)N1CC[C@@H](Oc2ncc(B3OC(C)(C)C(C)(C)O3)cn2)C1. The number of carbonyl (C=O) groups is 2. The predicted octanol–water partition coefficient (Wildman–Crippen LogP) is 1.67. The average molecular weight is 462 g/mol. The normalized spacial score (nSPS) is 22.7. The molecule has 11 heteroatoms. The van der Waals surface area contributed by atoms with Crippen LogP contribution in [0.25, 0.3) is 0 Å². The number of alkyl carbamates (subject to hydrolysis) is 1. The van der Waals surface area contributed by atoms with Crippen molar-refractivity contribution in [2.45, 2.75) is 90.8 Å². The lowest BCUT2D eigenvalue weighted by atomic mass is 9.81. The maximum absolute atomic E-state index is 12.7. The average Bonchev–Trinajstić information content (AvgIpc) is 3.21. The zero-order chi connectivity index (χ0) is 24.6. The molecule has 2 aliphatic heterocycles. The Balaban J connectivity index is 1.50. The molecule has 0 saturated carbocycles. The van der Waals surface area contributed by atoms with Gasteiger partial charge in [-0.2, -0.15) is 0 Å². The fraction of sp³-hybridized carbons (Fsp3) is 0.727. The molecule has 33 heavy (non-hydrogen) atoms. The standard InChI is InChI=1S/C22H35BN4O6/c1-14(26-19(29)31-20(2,3)4)17(28)27-10-9-16(13-27)30-18-24-11-15(12-25-18)23-32-21(5,6)22(7,8)33-23/h11-12,14,16H,9-10,13H2,1-8H3,(H,26,29)/t14?,16-/m1/s1. The van der Waals surface area contributed by atoms with Crippen molar-refractivity contribution in [3.8, 4) is 6.01 Å². The highest BCUT2D eigenvalue weighted by molar-refractivity contribution is 6.61. The molecular formula is C22H35BN4O6. The molecule has 0 radical (unpaired) electrons. The number of hydrogen-bond donors (Lipinski definition) is 1. The van der Waals surface area contributed by atoms with E-state index in [0.717, 1.165) is 0 Å². The number of rotatable bonds is 5. The molecule has 0 spiro atoms. The number of aromatic nitrogens is 2. The summed E-state index contributed by atoms with van der Waals surface area (Å²) in [5.41, 5.74) is -0.798. The minimum atomic E-state index is -0.700. The number of likely N-dealkylation sites (tertiary alicyclic amines) is 1. The van der Waals surface area contributed by atoms with Gasteiger partial charge in [0.2, 0.25) is 5.91 Å². The van der Waals surface area contributed by atoms with Crippen LogP contribution in [0.15, 0.2) is 12.4 Å². The van der Waals surface area contributed by atoms with Crippen molar-refractivity contribution in [3.05, 3.63) is 12.4 Å². The Morgan fingerprint density at radius 3 is 2.30 bits per heavy atom. The summed E-state index contributed by atoms with van der Waals surface area (Å²) in [5, 5.41) is 2.58. The van der Waals surface area contributed by atoms with E-state index in [2.05, 4.69) is 15.3 Å². The number of nitrogens with one attached hydrogen (secondary N) is 1. The van der Waals surface area contributed by atoms with Crippen LogP contribution in [0.3, 0.4) is 0 Å². The first-order chi connectivity index (χ1) is 15.2. The van der Waals surface area contributed by atoms with E-state index >= 15 is 0 Å². The van der Waals surface area contributed by atoms with Gasteiger partial charge in [-0.3, -0.25) is 4.79 Å². The zero-order valence-corrected chi connectivity index (χ0v) is 20.8. The van der Waals surface area contributed by atoms with Gasteiger partial charge in [-0.1, -0.05) is 0 Å². The Kier molecular flexibility index (Phi) is 6.96. The van der Waals surface area contributed by atoms with E-state index in [1.807, 2.05) is 27.7 Å². The molecule has 10 nitrogen and oxygen atoms in total. The van der Waals surface area contributed by atoms with Crippen LogP contribution in [-0.4, -0.2) is 76.0 Å². The zero-order valence-electron chi connectivity index (χ0n) is 20.8. The van der Waals surface area contributed by atoms with Crippen LogP contribution in [0.2, 0.25) is 0 Å². The van der Waals surface area contributed by atoms with Crippen molar-refractivity contribution in [3.63, 3.8) is 0 Å². The highest BCUT2D eigenvalue weighted by Crippen LogP contribution is 2.36. The van der Waals surface area contributed by atoms with Crippen LogP contribution in [0.4, 0.5) is 4.79 Å². The van der Waals surface area contributed by atoms with Crippen molar-refractivity contribution in [2.24, 2.45) is 0 Å². The van der Waals surface area contributed by atoms with Gasteiger partial charge in [0, 0.05) is 30.8 Å². The van der Waals surface area contributed by atoms with E-state index in [1.54, 1.807) is 45.0 Å². The van der Waals surface area contributed by atoms with E-state index < -0.39 is 36.1 Å². The van der Waals surface area contributed by atoms with E-state index in [0.29, 0.717) is 25.0 Å². The van der Waals surface area contributed by atoms with Gasteiger partial charge < -0.3 is 29.0 Å². The van der Waals surface area contributed by atoms with Gasteiger partial charge in [-0.05, 0) is 55.4 Å². The number of hydrogen-bond acceptors (Lipinski definition) is 8. The fourth-order valence-corrected chi connectivity index (χ4v) is 3.48. The number of ether oxygens (including phenoxy) is 2. The molecule has 0 aliphatic carbocycles. The van der Waals surface area contributed by atoms with E-state index in [-0.39, 0.29) is 18.0 Å². The third kappa shape index (κ3) is 6.14. The van der Waals surface area contributed by atoms with Crippen molar-refractivity contribution >= 4 is 24.6 Å². The molecule has 0 bridgehead atoms. The Labute approximate surface area is 195 Å². The highest BCUT2D eigenvalue weighted by Gasteiger charge is 2.52. The molecule has 2 fully saturated rings. The second-order valence-corrected chi connectivity index (χ2v) is 10.6. The Morgan fingerprint density at radius 2 is 1.76 bits per heavy atom. The van der Waals surface area contributed by atoms with Crippen LogP contribution in [0, 0.1) is 0 Å². The summed E-state index contributed by atoms with van der Waals surface area (Å²) in [7, 11) is -0.539. The molecule has 2 aliphatic rings. The first-order valence-corrected chi connectivity index (χ1v) is 11.3. The van der Waals surface area contributed by atoms with Crippen LogP contribution >= 0.6 is 0 Å². The van der Waals surface area contributed by atoms with Gasteiger partial charge in [0.05, 0.1) is 17.7 Å². The minimum Gasteiger partial charge on any atom is -0.458 e. The molecule has 1 aromatic rings. The van der Waals surface area contributed by atoms with Crippen molar-refractivity contribution < 1.29 is 28.4 Å². The van der Waals surface area contributed by atoms with E-state index in [1.165, 1.54) is 0 Å². The van der Waals surface area contributed by atoms with Gasteiger partial charge in [0.1, 0.15) is 17.7 Å². The fourth-order valence-electron chi connectivity index (χ4n) is 3.48. The molecule has 3 rings (SSSR count). The van der Waals surface area contributed by atoms with Crippen molar-refractivity contribution in [1.29, 1.82) is 0 Å². The predicted molar refractivity (Wildman–Crippen MR) is 122 cm³/mol. The topological polar surface area (TPSA) is 112 Å². The van der Waals surface area contributed by atoms with Crippen LogP contribution < -0.4 is 15.5 Å². The summed E-state index contributed by atoms with van der Waals surface area (Å²) in [6.07, 6.45) is 3.06. The lowest BCUT2D eigenvalue weighted by Gasteiger charge is -2.32. The van der Waals surface area contributed by atoms with E-state index in [4.69, 9.17) is 18.8 Å². The molecule has 2 saturated heterocycles. The summed E-state index contributed by atoms with van der Waals surface area (Å²) in [4.78, 5) is 34.8. The maximum Gasteiger partial charge on any atom is 0.498 e. The molecule has 2 amide bonds. The third-order valence-electron chi connectivity index (χ3n) is 6.01. The lowest BCUT2D eigenvalue weighted by Crippen LogP contribution is -2.47. The van der Waals surface area contributed by atoms with Crippen LogP contribution in [0.5, 0.6) is 6.01 Å². The monoisotopic (exact) mass is 462 g/mol. The Morgan fingerprint density at radius 1 is 1.18 bits per heavy atom. The minimum absolute atomic E-state index is 0.191. The number of nitrogens with zero attached hydrogens (tertiary/aromatic N) is 3. The summed E-state index contributed by atoms with van der Waals surface area (Å²) in [6.45, 7) is 15.8. The summed E-state index contributed by atoms with van der Waals surface area (Å²) < 4.78 is 23.1. The quantitative estimate of drug-likeness (QED) is 0.658. The second-order valence-electron chi connectivity index (χ2n) is 10.6. The highest BCUT2D eigenvalue weighted by atomic mass is 16.7. The molecule has 3 heterocycles. The summed E-state index contributed by atoms with van der Waals surface area (Å²) in [5.74, 6) is -0.191. The second kappa shape index (κ2) is 9.10. The van der Waals surface area contributed by atoms with Gasteiger partial charge in [-0.25, -0.2) is 14.8 Å².